The lowest BCUT2D eigenvalue weighted by Crippen LogP contribution is -2.62. The smallest absolute Gasteiger partial charge is 0.287 e. The molecule has 220 valence electrons. The summed E-state index contributed by atoms with van der Waals surface area (Å²) >= 11 is -2.27. The van der Waals surface area contributed by atoms with Crippen LogP contribution in [-0.2, 0) is 20.6 Å². The van der Waals surface area contributed by atoms with Crippen molar-refractivity contribution in [1.82, 2.24) is 10.6 Å². The Labute approximate surface area is 242 Å². The molecule has 2 amide bonds. The van der Waals surface area contributed by atoms with Crippen LogP contribution in [0.5, 0.6) is 5.75 Å². The molecule has 3 saturated carbocycles. The highest BCUT2D eigenvalue weighted by Crippen LogP contribution is 2.54. The van der Waals surface area contributed by atoms with Crippen LogP contribution in [0.15, 0.2) is 46.9 Å². The number of hydrogen-bond acceptors (Lipinski definition) is 7. The molecule has 3 aliphatic carbocycles. The van der Waals surface area contributed by atoms with Gasteiger partial charge in [0, 0.05) is 23.8 Å². The van der Waals surface area contributed by atoms with E-state index in [9.17, 15) is 32.4 Å². The first-order chi connectivity index (χ1) is 19.9. The molecule has 1 heterocycles. The molecule has 1 unspecified atom stereocenters. The molecule has 2 N–H and O–H groups in total. The SMILES string of the molecule is COc1cc(-c2ccc3cc(C(=O)NC4(C(=O)NC5(C#N)CC5)CCC(F)(F)CC4)oc3c2)ccc1C1(S(=O)[O-])CC1. The van der Waals surface area contributed by atoms with E-state index in [0.29, 0.717) is 48.0 Å². The molecular weight excluding hydrogens is 568 g/mol. The Kier molecular flexibility index (Phi) is 6.66. The van der Waals surface area contributed by atoms with Crippen LogP contribution < -0.4 is 15.4 Å². The van der Waals surface area contributed by atoms with Crippen LogP contribution in [0.4, 0.5) is 8.78 Å². The van der Waals surface area contributed by atoms with Gasteiger partial charge in [-0.25, -0.2) is 8.78 Å². The van der Waals surface area contributed by atoms with Crippen molar-refractivity contribution < 1.29 is 36.3 Å². The van der Waals surface area contributed by atoms with Crippen molar-refractivity contribution in [3.8, 4) is 22.9 Å². The third kappa shape index (κ3) is 4.94. The Bertz CT molecular complexity index is 1660. The third-order valence-electron chi connectivity index (χ3n) is 8.73. The van der Waals surface area contributed by atoms with Gasteiger partial charge in [0.25, 0.3) is 5.91 Å². The van der Waals surface area contributed by atoms with E-state index in [-0.39, 0.29) is 18.6 Å². The Hall–Kier alpha value is -3.82. The van der Waals surface area contributed by atoms with E-state index in [1.807, 2.05) is 6.07 Å². The second kappa shape index (κ2) is 9.88. The number of alkyl halides is 2. The largest absolute Gasteiger partial charge is 0.772 e. The number of nitrogens with one attached hydrogen (secondary N) is 2. The molecule has 0 aliphatic heterocycles. The van der Waals surface area contributed by atoms with Crippen molar-refractivity contribution in [2.45, 2.75) is 73.1 Å². The Morgan fingerprint density at radius 3 is 2.24 bits per heavy atom. The lowest BCUT2D eigenvalue weighted by molar-refractivity contribution is -0.133. The molecule has 0 radical (unpaired) electrons. The highest BCUT2D eigenvalue weighted by Gasteiger charge is 2.53. The number of carbonyl (C=O) groups is 2. The number of halogens is 2. The van der Waals surface area contributed by atoms with Gasteiger partial charge in [-0.3, -0.25) is 13.8 Å². The Morgan fingerprint density at radius 2 is 1.64 bits per heavy atom. The fourth-order valence-electron chi connectivity index (χ4n) is 5.67. The van der Waals surface area contributed by atoms with E-state index in [4.69, 9.17) is 9.15 Å². The maximum absolute atomic E-state index is 14.0. The number of methoxy groups -OCH3 is 1. The minimum atomic E-state index is -2.94. The molecule has 1 atom stereocenters. The van der Waals surface area contributed by atoms with Gasteiger partial charge in [0.05, 0.1) is 17.9 Å². The molecule has 12 heteroatoms. The summed E-state index contributed by atoms with van der Waals surface area (Å²) < 4.78 is 62.1. The molecule has 0 spiro atoms. The normalized spacial score (nSPS) is 21.5. The Morgan fingerprint density at radius 1 is 0.976 bits per heavy atom. The summed E-state index contributed by atoms with van der Waals surface area (Å²) in [5.41, 5.74) is -0.135. The zero-order chi connectivity index (χ0) is 29.9. The van der Waals surface area contributed by atoms with Gasteiger partial charge < -0.3 is 24.3 Å². The van der Waals surface area contributed by atoms with Crippen molar-refractivity contribution >= 4 is 33.9 Å². The first-order valence-corrected chi connectivity index (χ1v) is 14.8. The van der Waals surface area contributed by atoms with Crippen LogP contribution in [0.3, 0.4) is 0 Å². The van der Waals surface area contributed by atoms with Crippen molar-refractivity contribution in [3.05, 3.63) is 53.8 Å². The van der Waals surface area contributed by atoms with Gasteiger partial charge in [-0.2, -0.15) is 5.26 Å². The highest BCUT2D eigenvalue weighted by atomic mass is 32.2. The van der Waals surface area contributed by atoms with Gasteiger partial charge in [0.15, 0.2) is 5.76 Å². The van der Waals surface area contributed by atoms with Crippen molar-refractivity contribution in [2.24, 2.45) is 0 Å². The molecule has 3 aliphatic rings. The van der Waals surface area contributed by atoms with Gasteiger partial charge in [-0.05, 0) is 78.9 Å². The lowest BCUT2D eigenvalue weighted by atomic mass is 9.78. The summed E-state index contributed by atoms with van der Waals surface area (Å²) in [7, 11) is 1.48. The van der Waals surface area contributed by atoms with E-state index < -0.39 is 57.5 Å². The second-order valence-electron chi connectivity index (χ2n) is 11.5. The molecule has 1 aromatic heterocycles. The molecule has 0 saturated heterocycles. The van der Waals surface area contributed by atoms with E-state index in [1.165, 1.54) is 13.2 Å². The number of benzene rings is 2. The molecule has 42 heavy (non-hydrogen) atoms. The number of nitriles is 1. The minimum absolute atomic E-state index is 0.0883. The molecule has 6 rings (SSSR count). The third-order valence-corrected chi connectivity index (χ3v) is 10.00. The summed E-state index contributed by atoms with van der Waals surface area (Å²) in [4.78, 5) is 26.6. The number of furan rings is 1. The van der Waals surface area contributed by atoms with Crippen molar-refractivity contribution in [3.63, 3.8) is 0 Å². The summed E-state index contributed by atoms with van der Waals surface area (Å²) in [5.74, 6) is -3.94. The minimum Gasteiger partial charge on any atom is -0.772 e. The van der Waals surface area contributed by atoms with Crippen LogP contribution in [0, 0.1) is 11.3 Å². The predicted octanol–water partition coefficient (Wildman–Crippen LogP) is 4.83. The van der Waals surface area contributed by atoms with Gasteiger partial charge >= 0.3 is 0 Å². The van der Waals surface area contributed by atoms with E-state index >= 15 is 0 Å². The number of nitrogens with zero attached hydrogens (tertiary/aromatic N) is 1. The maximum atomic E-state index is 14.0. The summed E-state index contributed by atoms with van der Waals surface area (Å²) in [6, 6.07) is 14.2. The molecule has 0 bridgehead atoms. The lowest BCUT2D eigenvalue weighted by Gasteiger charge is -2.39. The molecule has 9 nitrogen and oxygen atoms in total. The number of amides is 2. The topological polar surface area (TPSA) is 144 Å². The number of rotatable bonds is 8. The molecule has 3 fully saturated rings. The first kappa shape index (κ1) is 28.3. The monoisotopic (exact) mass is 596 g/mol. The summed E-state index contributed by atoms with van der Waals surface area (Å²) in [5, 5.41) is 15.3. The average Bonchev–Trinajstić information content (AvgIpc) is 3.90. The summed E-state index contributed by atoms with van der Waals surface area (Å²) in [6.07, 6.45) is 0.309. The van der Waals surface area contributed by atoms with Gasteiger partial charge in [0.2, 0.25) is 11.8 Å². The predicted molar refractivity (Wildman–Crippen MR) is 147 cm³/mol. The van der Waals surface area contributed by atoms with Crippen LogP contribution in [0.2, 0.25) is 0 Å². The van der Waals surface area contributed by atoms with Crippen LogP contribution in [-0.4, -0.2) is 44.7 Å². The van der Waals surface area contributed by atoms with Crippen molar-refractivity contribution in [1.29, 1.82) is 5.26 Å². The van der Waals surface area contributed by atoms with Crippen LogP contribution >= 0.6 is 0 Å². The average molecular weight is 597 g/mol. The first-order valence-electron chi connectivity index (χ1n) is 13.7. The van der Waals surface area contributed by atoms with E-state index in [2.05, 4.69) is 16.7 Å². The summed E-state index contributed by atoms with van der Waals surface area (Å²) in [6.45, 7) is 0. The second-order valence-corrected chi connectivity index (χ2v) is 12.8. The molecular formula is C30H28F2N3O6S-. The zero-order valence-electron chi connectivity index (χ0n) is 22.8. The zero-order valence-corrected chi connectivity index (χ0v) is 23.6. The fraction of sp³-hybridized carbons (Fsp3) is 0.433. The quantitative estimate of drug-likeness (QED) is 0.355. The number of carbonyl (C=O) groups excluding carboxylic acids is 2. The van der Waals surface area contributed by atoms with E-state index in [0.717, 1.165) is 11.1 Å². The number of hydrogen-bond donors (Lipinski definition) is 2. The molecule has 3 aromatic rings. The number of fused-ring (bicyclic) bond motifs is 1. The van der Waals surface area contributed by atoms with Gasteiger partial charge in [-0.1, -0.05) is 24.3 Å². The van der Waals surface area contributed by atoms with Crippen LogP contribution in [0.25, 0.3) is 22.1 Å². The Balaban J connectivity index is 1.26. The standard InChI is InChI=1S/C30H29F2N3O6S/c1-40-23-15-19(4-5-21(23)29(10-11-29)42(38)39)18-2-3-20-16-24(41-22(20)14-18)25(36)34-28(8-12-30(31,32)13-9-28)26(37)35-27(17-33)6-7-27/h2-5,14-16H,6-13H2,1H3,(H,34,36)(H,35,37)(H,38,39)/p-1. The van der Waals surface area contributed by atoms with Crippen LogP contribution in [0.1, 0.15) is 67.5 Å². The highest BCUT2D eigenvalue weighted by molar-refractivity contribution is 7.80. The van der Waals surface area contributed by atoms with Gasteiger partial charge in [0.1, 0.15) is 22.4 Å². The number of ether oxygens (including phenoxy) is 1. The fourth-order valence-corrected chi connectivity index (χ4v) is 6.45. The maximum Gasteiger partial charge on any atom is 0.287 e. The molecule has 2 aromatic carbocycles. The van der Waals surface area contributed by atoms with E-state index in [1.54, 1.807) is 30.3 Å². The van der Waals surface area contributed by atoms with Gasteiger partial charge in [-0.15, -0.1) is 0 Å². The van der Waals surface area contributed by atoms with Crippen molar-refractivity contribution in [2.75, 3.05) is 7.11 Å².